The molecule has 3 heteroatoms. The largest absolute Gasteiger partial charge is 0.286 e. The monoisotopic (exact) mass is 191 g/mol. The first-order chi connectivity index (χ1) is 6.70. The van der Waals surface area contributed by atoms with Crippen LogP contribution >= 0.6 is 0 Å². The Bertz CT molecular complexity index is 334. The van der Waals surface area contributed by atoms with Gasteiger partial charge >= 0.3 is 0 Å². The van der Waals surface area contributed by atoms with Crippen molar-refractivity contribution in [2.24, 2.45) is 5.92 Å². The Labute approximate surface area is 82.9 Å². The van der Waals surface area contributed by atoms with Gasteiger partial charge in [-0.3, -0.25) is 10.0 Å². The Kier molecular flexibility index (Phi) is 2.25. The lowest BCUT2D eigenvalue weighted by molar-refractivity contribution is -0.160. The molecule has 1 N–H and O–H groups in total. The van der Waals surface area contributed by atoms with E-state index in [0.717, 1.165) is 6.42 Å². The van der Waals surface area contributed by atoms with E-state index < -0.39 is 0 Å². The molecular formula is C11H13NO2. The minimum atomic E-state index is -0.182. The maximum atomic E-state index is 11.4. The number of amides is 1. The van der Waals surface area contributed by atoms with Gasteiger partial charge in [0.2, 0.25) is 5.91 Å². The number of rotatable bonds is 2. The van der Waals surface area contributed by atoms with E-state index in [-0.39, 0.29) is 11.8 Å². The summed E-state index contributed by atoms with van der Waals surface area (Å²) in [6, 6.07) is 9.95. The highest BCUT2D eigenvalue weighted by atomic mass is 16.5. The van der Waals surface area contributed by atoms with Crippen molar-refractivity contribution in [1.29, 1.82) is 0 Å². The molecule has 0 saturated heterocycles. The second-order valence-corrected chi connectivity index (χ2v) is 3.72. The number of hydrogen-bond donors (Lipinski definition) is 1. The highest BCUT2D eigenvalue weighted by molar-refractivity contribution is 5.81. The maximum absolute atomic E-state index is 11.4. The molecule has 1 aromatic carbocycles. The van der Waals surface area contributed by atoms with Crippen LogP contribution in [0.4, 0.5) is 0 Å². The summed E-state index contributed by atoms with van der Waals surface area (Å²) in [4.78, 5) is 11.4. The maximum Gasteiger partial charge on any atom is 0.249 e. The normalized spacial score (nSPS) is 24.4. The van der Waals surface area contributed by atoms with Crippen molar-refractivity contribution in [3.05, 3.63) is 35.9 Å². The SMILES string of the molecule is CN(O)C(=O)[C@@H]1C[C@H]1c1ccccc1. The van der Waals surface area contributed by atoms with Gasteiger partial charge < -0.3 is 0 Å². The minimum Gasteiger partial charge on any atom is -0.286 e. The third-order valence-corrected chi connectivity index (χ3v) is 2.65. The number of benzene rings is 1. The van der Waals surface area contributed by atoms with E-state index in [4.69, 9.17) is 5.21 Å². The Morgan fingerprint density at radius 1 is 1.43 bits per heavy atom. The van der Waals surface area contributed by atoms with Crippen LogP contribution < -0.4 is 0 Å². The molecule has 1 amide bonds. The molecule has 1 saturated carbocycles. The first-order valence-electron chi connectivity index (χ1n) is 4.71. The summed E-state index contributed by atoms with van der Waals surface area (Å²) in [6.07, 6.45) is 0.855. The van der Waals surface area contributed by atoms with Gasteiger partial charge in [-0.05, 0) is 17.9 Å². The van der Waals surface area contributed by atoms with Gasteiger partial charge in [-0.15, -0.1) is 0 Å². The average Bonchev–Trinajstić information content (AvgIpc) is 2.97. The van der Waals surface area contributed by atoms with E-state index in [2.05, 4.69) is 0 Å². The fourth-order valence-electron chi connectivity index (χ4n) is 1.78. The molecule has 1 aliphatic carbocycles. The Hall–Kier alpha value is -1.35. The second-order valence-electron chi connectivity index (χ2n) is 3.72. The van der Waals surface area contributed by atoms with E-state index >= 15 is 0 Å². The van der Waals surface area contributed by atoms with Gasteiger partial charge in [-0.2, -0.15) is 0 Å². The summed E-state index contributed by atoms with van der Waals surface area (Å²) in [5, 5.41) is 9.67. The molecule has 0 heterocycles. The predicted molar refractivity (Wildman–Crippen MR) is 51.8 cm³/mol. The molecule has 74 valence electrons. The summed E-state index contributed by atoms with van der Waals surface area (Å²) < 4.78 is 0. The molecule has 0 bridgehead atoms. The topological polar surface area (TPSA) is 40.5 Å². The summed E-state index contributed by atoms with van der Waals surface area (Å²) >= 11 is 0. The van der Waals surface area contributed by atoms with Gasteiger partial charge in [0.1, 0.15) is 0 Å². The minimum absolute atomic E-state index is 0.0209. The summed E-state index contributed by atoms with van der Waals surface area (Å²) in [6.45, 7) is 0. The Morgan fingerprint density at radius 3 is 2.64 bits per heavy atom. The van der Waals surface area contributed by atoms with Crippen molar-refractivity contribution in [2.45, 2.75) is 12.3 Å². The van der Waals surface area contributed by atoms with Gasteiger partial charge in [-0.1, -0.05) is 30.3 Å². The zero-order valence-electron chi connectivity index (χ0n) is 8.05. The van der Waals surface area contributed by atoms with Crippen molar-refractivity contribution in [3.63, 3.8) is 0 Å². The molecule has 0 spiro atoms. The zero-order chi connectivity index (χ0) is 10.1. The van der Waals surface area contributed by atoms with Gasteiger partial charge in [0.25, 0.3) is 0 Å². The predicted octanol–water partition coefficient (Wildman–Crippen LogP) is 1.64. The number of hydrogen-bond acceptors (Lipinski definition) is 2. The molecule has 0 unspecified atom stereocenters. The van der Waals surface area contributed by atoms with Gasteiger partial charge in [0, 0.05) is 13.0 Å². The van der Waals surface area contributed by atoms with Gasteiger partial charge in [0.05, 0.1) is 0 Å². The van der Waals surface area contributed by atoms with Crippen molar-refractivity contribution in [3.8, 4) is 0 Å². The fraction of sp³-hybridized carbons (Fsp3) is 0.364. The Balaban J connectivity index is 2.03. The van der Waals surface area contributed by atoms with E-state index in [1.54, 1.807) is 0 Å². The van der Waals surface area contributed by atoms with Crippen LogP contribution in [-0.2, 0) is 4.79 Å². The number of nitrogens with zero attached hydrogens (tertiary/aromatic N) is 1. The molecule has 0 aliphatic heterocycles. The molecule has 0 aromatic heterocycles. The third-order valence-electron chi connectivity index (χ3n) is 2.65. The molecule has 2 atom stereocenters. The van der Waals surface area contributed by atoms with Crippen molar-refractivity contribution >= 4 is 5.91 Å². The third kappa shape index (κ3) is 1.63. The van der Waals surface area contributed by atoms with Gasteiger partial charge in [-0.25, -0.2) is 5.06 Å². The highest BCUT2D eigenvalue weighted by Gasteiger charge is 2.44. The Morgan fingerprint density at radius 2 is 2.07 bits per heavy atom. The van der Waals surface area contributed by atoms with E-state index in [0.29, 0.717) is 11.0 Å². The molecule has 0 radical (unpaired) electrons. The molecule has 1 aliphatic rings. The lowest BCUT2D eigenvalue weighted by Gasteiger charge is -2.07. The van der Waals surface area contributed by atoms with Crippen LogP contribution in [-0.4, -0.2) is 23.2 Å². The molecule has 3 nitrogen and oxygen atoms in total. The molecule has 2 rings (SSSR count). The van der Waals surface area contributed by atoms with Crippen LogP contribution in [0.1, 0.15) is 17.9 Å². The van der Waals surface area contributed by atoms with Crippen LogP contribution in [0.25, 0.3) is 0 Å². The highest BCUT2D eigenvalue weighted by Crippen LogP contribution is 2.47. The fourth-order valence-corrected chi connectivity index (χ4v) is 1.78. The zero-order valence-corrected chi connectivity index (χ0v) is 8.05. The summed E-state index contributed by atoms with van der Waals surface area (Å²) in [7, 11) is 1.38. The lowest BCUT2D eigenvalue weighted by atomic mass is 10.1. The van der Waals surface area contributed by atoms with Gasteiger partial charge in [0.15, 0.2) is 0 Å². The second kappa shape index (κ2) is 3.42. The molecule has 1 aromatic rings. The average molecular weight is 191 g/mol. The van der Waals surface area contributed by atoms with Crippen molar-refractivity contribution in [1.82, 2.24) is 5.06 Å². The van der Waals surface area contributed by atoms with Crippen LogP contribution in [0.2, 0.25) is 0 Å². The number of hydroxylamine groups is 2. The van der Waals surface area contributed by atoms with Crippen LogP contribution in [0.3, 0.4) is 0 Å². The first-order valence-corrected chi connectivity index (χ1v) is 4.71. The lowest BCUT2D eigenvalue weighted by Crippen LogP contribution is -2.24. The quantitative estimate of drug-likeness (QED) is 0.570. The van der Waals surface area contributed by atoms with Crippen LogP contribution in [0.5, 0.6) is 0 Å². The van der Waals surface area contributed by atoms with Crippen molar-refractivity contribution < 1.29 is 10.0 Å². The van der Waals surface area contributed by atoms with E-state index in [1.807, 2.05) is 30.3 Å². The molecule has 14 heavy (non-hydrogen) atoms. The number of carbonyl (C=O) groups excluding carboxylic acids is 1. The summed E-state index contributed by atoms with van der Waals surface area (Å²) in [5.41, 5.74) is 1.19. The standard InChI is InChI=1S/C11H13NO2/c1-12(14)11(13)10-7-9(10)8-5-3-2-4-6-8/h2-6,9-10,14H,7H2,1H3/t9-,10+/m0/s1. The summed E-state index contributed by atoms with van der Waals surface area (Å²) in [5.74, 6) is 0.101. The molecular weight excluding hydrogens is 178 g/mol. The van der Waals surface area contributed by atoms with Crippen LogP contribution in [0, 0.1) is 5.92 Å². The smallest absolute Gasteiger partial charge is 0.249 e. The molecule has 1 fully saturated rings. The van der Waals surface area contributed by atoms with Crippen molar-refractivity contribution in [2.75, 3.05) is 7.05 Å². The van der Waals surface area contributed by atoms with E-state index in [9.17, 15) is 4.79 Å². The first kappa shape index (κ1) is 9.21. The van der Waals surface area contributed by atoms with Crippen LogP contribution in [0.15, 0.2) is 30.3 Å². The van der Waals surface area contributed by atoms with E-state index in [1.165, 1.54) is 12.6 Å². The number of carbonyl (C=O) groups is 1.